The van der Waals surface area contributed by atoms with E-state index in [2.05, 4.69) is 14.7 Å². The van der Waals surface area contributed by atoms with E-state index in [0.29, 0.717) is 11.4 Å². The van der Waals surface area contributed by atoms with Gasteiger partial charge < -0.3 is 4.74 Å². The van der Waals surface area contributed by atoms with Crippen LogP contribution in [0.1, 0.15) is 24.7 Å². The van der Waals surface area contributed by atoms with Gasteiger partial charge >= 0.3 is 11.9 Å². The summed E-state index contributed by atoms with van der Waals surface area (Å²) >= 11 is 0. The molecule has 0 N–H and O–H groups in total. The summed E-state index contributed by atoms with van der Waals surface area (Å²) in [6, 6.07) is 0. The number of carbonyl (C=O) groups is 2. The van der Waals surface area contributed by atoms with Crippen molar-refractivity contribution >= 4 is 11.9 Å². The molecule has 1 aromatic heterocycles. The molecule has 1 fully saturated rings. The maximum atomic E-state index is 11.5. The molecule has 1 unspecified atom stereocenters. The molecule has 0 spiro atoms. The monoisotopic (exact) mass is 206 g/mol. The number of esters is 2. The van der Waals surface area contributed by atoms with E-state index in [1.807, 2.05) is 0 Å². The Kier molecular flexibility index (Phi) is 2.03. The molecule has 1 saturated heterocycles. The largest absolute Gasteiger partial charge is 0.392 e. The number of cyclic esters (lactones) is 2. The number of hydrogen-bond donors (Lipinski definition) is 0. The first kappa shape index (κ1) is 9.76. The van der Waals surface area contributed by atoms with Crippen molar-refractivity contribution in [2.24, 2.45) is 0 Å². The van der Waals surface area contributed by atoms with Crippen LogP contribution in [0.3, 0.4) is 0 Å². The van der Waals surface area contributed by atoms with Crippen molar-refractivity contribution in [3.63, 3.8) is 0 Å². The van der Waals surface area contributed by atoms with E-state index in [9.17, 15) is 9.59 Å². The number of aromatic nitrogens is 2. The van der Waals surface area contributed by atoms with E-state index < -0.39 is 17.4 Å². The van der Waals surface area contributed by atoms with Crippen molar-refractivity contribution in [2.75, 3.05) is 0 Å². The first-order chi connectivity index (χ1) is 7.04. The quantitative estimate of drug-likeness (QED) is 0.494. The molecule has 0 radical (unpaired) electrons. The number of aryl methyl sites for hydroxylation is 1. The molecule has 1 atom stereocenters. The van der Waals surface area contributed by atoms with Crippen LogP contribution in [0.5, 0.6) is 0 Å². The van der Waals surface area contributed by atoms with Gasteiger partial charge in [0.15, 0.2) is 0 Å². The molecule has 1 aliphatic rings. The van der Waals surface area contributed by atoms with Crippen molar-refractivity contribution in [2.45, 2.75) is 25.7 Å². The molecule has 1 aromatic rings. The molecule has 5 heteroatoms. The Bertz CT molecular complexity index is 444. The lowest BCUT2D eigenvalue weighted by Gasteiger charge is -2.17. The highest BCUT2D eigenvalue weighted by Crippen LogP contribution is 2.34. The summed E-state index contributed by atoms with van der Waals surface area (Å²) < 4.78 is 4.54. The predicted octanol–water partition coefficient (Wildman–Crippen LogP) is 0.516. The molecule has 15 heavy (non-hydrogen) atoms. The average molecular weight is 206 g/mol. The molecule has 5 nitrogen and oxygen atoms in total. The molecule has 2 rings (SSSR count). The Morgan fingerprint density at radius 3 is 2.53 bits per heavy atom. The minimum atomic E-state index is -0.977. The van der Waals surface area contributed by atoms with Crippen molar-refractivity contribution in [3.05, 3.63) is 23.8 Å². The molecule has 78 valence electrons. The summed E-state index contributed by atoms with van der Waals surface area (Å²) in [7, 11) is 0. The Balaban J connectivity index is 2.51. The summed E-state index contributed by atoms with van der Waals surface area (Å²) in [6.45, 7) is 3.40. The first-order valence-electron chi connectivity index (χ1n) is 4.57. The number of nitrogens with zero attached hydrogens (tertiary/aromatic N) is 2. The number of ether oxygens (including phenoxy) is 1. The third-order valence-corrected chi connectivity index (χ3v) is 2.56. The van der Waals surface area contributed by atoms with Crippen LogP contribution < -0.4 is 0 Å². The molecule has 0 saturated carbocycles. The molecule has 0 aliphatic carbocycles. The lowest BCUT2D eigenvalue weighted by molar-refractivity contribution is -0.153. The minimum absolute atomic E-state index is 0.0331. The van der Waals surface area contributed by atoms with Crippen molar-refractivity contribution in [3.8, 4) is 0 Å². The van der Waals surface area contributed by atoms with E-state index in [4.69, 9.17) is 0 Å². The molecule has 0 aromatic carbocycles. The van der Waals surface area contributed by atoms with Crippen LogP contribution in [0.4, 0.5) is 0 Å². The Hall–Kier alpha value is -1.78. The third-order valence-electron chi connectivity index (χ3n) is 2.56. The topological polar surface area (TPSA) is 69.2 Å². The van der Waals surface area contributed by atoms with Crippen molar-refractivity contribution in [1.29, 1.82) is 0 Å². The van der Waals surface area contributed by atoms with Gasteiger partial charge in [-0.05, 0) is 13.8 Å². The number of hydrogen-bond acceptors (Lipinski definition) is 5. The minimum Gasteiger partial charge on any atom is -0.392 e. The van der Waals surface area contributed by atoms with Gasteiger partial charge in [-0.1, -0.05) is 0 Å². The van der Waals surface area contributed by atoms with E-state index in [-0.39, 0.29) is 6.42 Å². The van der Waals surface area contributed by atoms with Crippen LogP contribution in [0.2, 0.25) is 0 Å². The predicted molar refractivity (Wildman–Crippen MR) is 49.8 cm³/mol. The maximum absolute atomic E-state index is 11.5. The van der Waals surface area contributed by atoms with Gasteiger partial charge in [0.05, 0.1) is 17.8 Å². The smallest absolute Gasteiger partial charge is 0.326 e. The molecular weight excluding hydrogens is 196 g/mol. The highest BCUT2D eigenvalue weighted by molar-refractivity contribution is 6.00. The SMILES string of the molecule is Cc1nccnc1C1(C)CC(=O)OC1=O. The lowest BCUT2D eigenvalue weighted by atomic mass is 9.84. The average Bonchev–Trinajstić information content (AvgIpc) is 2.42. The molecular formula is C10H10N2O3. The summed E-state index contributed by atoms with van der Waals surface area (Å²) in [5, 5.41) is 0. The number of carbonyl (C=O) groups excluding carboxylic acids is 2. The fourth-order valence-corrected chi connectivity index (χ4v) is 1.74. The van der Waals surface area contributed by atoms with Crippen LogP contribution >= 0.6 is 0 Å². The molecule has 0 bridgehead atoms. The second-order valence-corrected chi connectivity index (χ2v) is 3.76. The summed E-state index contributed by atoms with van der Waals surface area (Å²) in [4.78, 5) is 30.8. The van der Waals surface area contributed by atoms with Gasteiger partial charge in [0, 0.05) is 12.4 Å². The zero-order valence-corrected chi connectivity index (χ0v) is 8.48. The van der Waals surface area contributed by atoms with Gasteiger partial charge in [-0.15, -0.1) is 0 Å². The summed E-state index contributed by atoms with van der Waals surface area (Å²) in [5.41, 5.74) is 0.183. The Morgan fingerprint density at radius 1 is 1.33 bits per heavy atom. The van der Waals surface area contributed by atoms with Gasteiger partial charge in [-0.2, -0.15) is 0 Å². The second kappa shape index (κ2) is 3.12. The van der Waals surface area contributed by atoms with Gasteiger partial charge in [0.1, 0.15) is 5.41 Å². The Labute approximate surface area is 86.5 Å². The zero-order chi connectivity index (χ0) is 11.1. The van der Waals surface area contributed by atoms with Gasteiger partial charge in [-0.3, -0.25) is 19.6 Å². The van der Waals surface area contributed by atoms with Crippen LogP contribution in [0.15, 0.2) is 12.4 Å². The van der Waals surface area contributed by atoms with E-state index in [0.717, 1.165) is 0 Å². The van der Waals surface area contributed by atoms with Crippen LogP contribution in [-0.2, 0) is 19.7 Å². The van der Waals surface area contributed by atoms with Crippen LogP contribution in [0.25, 0.3) is 0 Å². The van der Waals surface area contributed by atoms with Crippen molar-refractivity contribution in [1.82, 2.24) is 9.97 Å². The summed E-state index contributed by atoms with van der Waals surface area (Å²) in [6.07, 6.45) is 3.08. The van der Waals surface area contributed by atoms with Crippen LogP contribution in [-0.4, -0.2) is 21.9 Å². The lowest BCUT2D eigenvalue weighted by Crippen LogP contribution is -2.30. The van der Waals surface area contributed by atoms with Gasteiger partial charge in [0.25, 0.3) is 0 Å². The standard InChI is InChI=1S/C10H10N2O3/c1-6-8(12-4-3-11-6)10(2)5-7(13)15-9(10)14/h3-4H,5H2,1-2H3. The third kappa shape index (κ3) is 1.40. The van der Waals surface area contributed by atoms with Gasteiger partial charge in [-0.25, -0.2) is 0 Å². The Morgan fingerprint density at radius 2 is 2.00 bits per heavy atom. The number of rotatable bonds is 1. The highest BCUT2D eigenvalue weighted by Gasteiger charge is 2.48. The second-order valence-electron chi connectivity index (χ2n) is 3.76. The van der Waals surface area contributed by atoms with Crippen molar-refractivity contribution < 1.29 is 14.3 Å². The fourth-order valence-electron chi connectivity index (χ4n) is 1.74. The fraction of sp³-hybridized carbons (Fsp3) is 0.400. The molecule has 1 aliphatic heterocycles. The van der Waals surface area contributed by atoms with E-state index >= 15 is 0 Å². The molecule has 2 heterocycles. The van der Waals surface area contributed by atoms with Crippen LogP contribution in [0, 0.1) is 6.92 Å². The molecule has 0 amide bonds. The maximum Gasteiger partial charge on any atom is 0.326 e. The van der Waals surface area contributed by atoms with E-state index in [1.165, 1.54) is 6.20 Å². The van der Waals surface area contributed by atoms with E-state index in [1.54, 1.807) is 20.0 Å². The summed E-state index contributed by atoms with van der Waals surface area (Å²) in [5.74, 6) is -1.05. The highest BCUT2D eigenvalue weighted by atomic mass is 16.6. The zero-order valence-electron chi connectivity index (χ0n) is 8.48. The normalized spacial score (nSPS) is 25.5. The van der Waals surface area contributed by atoms with Gasteiger partial charge in [0.2, 0.25) is 0 Å². The first-order valence-corrected chi connectivity index (χ1v) is 4.57.